The fourth-order valence-electron chi connectivity index (χ4n) is 2.31. The van der Waals surface area contributed by atoms with Gasteiger partial charge in [-0.1, -0.05) is 0 Å². The molecule has 1 fully saturated rings. The number of nitrogens with zero attached hydrogens (tertiary/aromatic N) is 1. The van der Waals surface area contributed by atoms with E-state index in [1.807, 2.05) is 0 Å². The minimum Gasteiger partial charge on any atom is -0.463 e. The number of furan rings is 1. The zero-order valence-corrected chi connectivity index (χ0v) is 11.4. The molecular weight excluding hydrogens is 272 g/mol. The van der Waals surface area contributed by atoms with Crippen LogP contribution in [0, 0.1) is 0 Å². The maximum absolute atomic E-state index is 12.1. The molecule has 0 aliphatic carbocycles. The molecule has 1 saturated heterocycles. The molecule has 2 aromatic heterocycles. The van der Waals surface area contributed by atoms with Crippen LogP contribution >= 0.6 is 0 Å². The van der Waals surface area contributed by atoms with Crippen molar-refractivity contribution in [2.45, 2.75) is 25.3 Å². The van der Waals surface area contributed by atoms with Gasteiger partial charge in [0.15, 0.2) is 11.5 Å². The van der Waals surface area contributed by atoms with Crippen molar-refractivity contribution in [1.29, 1.82) is 0 Å². The normalized spacial score (nSPS) is 18.9. The molecular formula is C14H16N4O3. The van der Waals surface area contributed by atoms with Crippen LogP contribution in [0.25, 0.3) is 11.5 Å². The van der Waals surface area contributed by atoms with Gasteiger partial charge in [0.2, 0.25) is 5.91 Å². The van der Waals surface area contributed by atoms with E-state index in [9.17, 15) is 9.59 Å². The number of carbonyl (C=O) groups is 2. The molecule has 0 bridgehead atoms. The first kappa shape index (κ1) is 13.4. The number of nitrogens with one attached hydrogen (secondary N) is 3. The van der Waals surface area contributed by atoms with Gasteiger partial charge in [-0.3, -0.25) is 14.7 Å². The van der Waals surface area contributed by atoms with Gasteiger partial charge >= 0.3 is 0 Å². The molecule has 3 rings (SSSR count). The van der Waals surface area contributed by atoms with E-state index in [4.69, 9.17) is 4.42 Å². The number of rotatable bonds is 3. The van der Waals surface area contributed by atoms with Crippen LogP contribution in [0.2, 0.25) is 0 Å². The summed E-state index contributed by atoms with van der Waals surface area (Å²) in [5, 5.41) is 12.2. The van der Waals surface area contributed by atoms with Gasteiger partial charge in [0.05, 0.1) is 6.26 Å². The topological polar surface area (TPSA) is 100 Å². The second kappa shape index (κ2) is 5.82. The highest BCUT2D eigenvalue weighted by Crippen LogP contribution is 2.17. The maximum atomic E-state index is 12.1. The van der Waals surface area contributed by atoms with Crippen LogP contribution in [0.15, 0.2) is 28.9 Å². The Morgan fingerprint density at radius 2 is 2.33 bits per heavy atom. The highest BCUT2D eigenvalue weighted by atomic mass is 16.3. The zero-order valence-electron chi connectivity index (χ0n) is 11.4. The van der Waals surface area contributed by atoms with E-state index in [1.54, 1.807) is 24.5 Å². The van der Waals surface area contributed by atoms with E-state index >= 15 is 0 Å². The van der Waals surface area contributed by atoms with Crippen LogP contribution in [0.3, 0.4) is 0 Å². The number of aromatic nitrogens is 2. The molecule has 1 aliphatic heterocycles. The molecule has 110 valence electrons. The van der Waals surface area contributed by atoms with E-state index in [2.05, 4.69) is 20.8 Å². The Bertz CT molecular complexity index is 632. The lowest BCUT2D eigenvalue weighted by molar-refractivity contribution is -0.122. The van der Waals surface area contributed by atoms with Gasteiger partial charge in [-0.15, -0.1) is 0 Å². The fraction of sp³-hybridized carbons (Fsp3) is 0.357. The summed E-state index contributed by atoms with van der Waals surface area (Å²) >= 11 is 0. The van der Waals surface area contributed by atoms with Gasteiger partial charge < -0.3 is 15.1 Å². The molecule has 7 nitrogen and oxygen atoms in total. The molecule has 2 amide bonds. The molecule has 3 N–H and O–H groups in total. The van der Waals surface area contributed by atoms with Crippen molar-refractivity contribution in [3.05, 3.63) is 30.2 Å². The molecule has 0 spiro atoms. The molecule has 21 heavy (non-hydrogen) atoms. The number of H-pyrrole nitrogens is 1. The lowest BCUT2D eigenvalue weighted by Crippen LogP contribution is -2.45. The van der Waals surface area contributed by atoms with Gasteiger partial charge in [0.1, 0.15) is 11.7 Å². The van der Waals surface area contributed by atoms with Gasteiger partial charge in [-0.05, 0) is 31.4 Å². The Labute approximate surface area is 121 Å². The van der Waals surface area contributed by atoms with Crippen molar-refractivity contribution in [3.63, 3.8) is 0 Å². The lowest BCUT2D eigenvalue weighted by atomic mass is 10.1. The number of hydrogen-bond acceptors (Lipinski definition) is 4. The third-order valence-electron chi connectivity index (χ3n) is 3.44. The number of hydrogen-bond donors (Lipinski definition) is 3. The van der Waals surface area contributed by atoms with E-state index < -0.39 is 6.04 Å². The van der Waals surface area contributed by atoms with Crippen LogP contribution < -0.4 is 10.6 Å². The third-order valence-corrected chi connectivity index (χ3v) is 3.44. The van der Waals surface area contributed by atoms with Crippen molar-refractivity contribution in [3.8, 4) is 11.5 Å². The Morgan fingerprint density at radius 3 is 3.14 bits per heavy atom. The second-order valence-electron chi connectivity index (χ2n) is 4.96. The minimum absolute atomic E-state index is 0.136. The van der Waals surface area contributed by atoms with Crippen molar-refractivity contribution in [1.82, 2.24) is 20.8 Å². The van der Waals surface area contributed by atoms with Crippen molar-refractivity contribution >= 4 is 11.8 Å². The van der Waals surface area contributed by atoms with Gasteiger partial charge in [-0.2, -0.15) is 5.10 Å². The van der Waals surface area contributed by atoms with E-state index in [0.29, 0.717) is 24.4 Å². The molecule has 0 aromatic carbocycles. The number of amides is 2. The monoisotopic (exact) mass is 288 g/mol. The first-order valence-electron chi connectivity index (χ1n) is 6.92. The second-order valence-corrected chi connectivity index (χ2v) is 4.96. The average Bonchev–Trinajstić information content (AvgIpc) is 3.12. The van der Waals surface area contributed by atoms with Crippen molar-refractivity contribution in [2.75, 3.05) is 6.54 Å². The molecule has 7 heteroatoms. The molecule has 2 aromatic rings. The molecule has 0 saturated carbocycles. The smallest absolute Gasteiger partial charge is 0.272 e. The van der Waals surface area contributed by atoms with Crippen molar-refractivity contribution < 1.29 is 14.0 Å². The maximum Gasteiger partial charge on any atom is 0.272 e. The Morgan fingerprint density at radius 1 is 1.43 bits per heavy atom. The predicted molar refractivity (Wildman–Crippen MR) is 74.4 cm³/mol. The quantitative estimate of drug-likeness (QED) is 0.786. The van der Waals surface area contributed by atoms with Crippen LogP contribution in [0.1, 0.15) is 29.8 Å². The molecule has 1 aliphatic rings. The Balaban J connectivity index is 1.69. The largest absolute Gasteiger partial charge is 0.463 e. The Hall–Kier alpha value is -2.57. The summed E-state index contributed by atoms with van der Waals surface area (Å²) in [6.45, 7) is 0.663. The first-order chi connectivity index (χ1) is 10.2. The number of aromatic amines is 1. The summed E-state index contributed by atoms with van der Waals surface area (Å²) in [5.41, 5.74) is 0.855. The molecule has 0 unspecified atom stereocenters. The van der Waals surface area contributed by atoms with Crippen LogP contribution in [-0.2, 0) is 4.79 Å². The minimum atomic E-state index is -0.497. The lowest BCUT2D eigenvalue weighted by Gasteiger charge is -2.13. The summed E-state index contributed by atoms with van der Waals surface area (Å²) in [5.74, 6) is 0.0995. The molecule has 3 heterocycles. The molecule has 1 atom stereocenters. The highest BCUT2D eigenvalue weighted by Gasteiger charge is 2.24. The summed E-state index contributed by atoms with van der Waals surface area (Å²) in [4.78, 5) is 24.0. The fourth-order valence-corrected chi connectivity index (χ4v) is 2.31. The van der Waals surface area contributed by atoms with Gasteiger partial charge in [0.25, 0.3) is 5.91 Å². The first-order valence-corrected chi connectivity index (χ1v) is 6.92. The van der Waals surface area contributed by atoms with E-state index in [1.165, 1.54) is 0 Å². The van der Waals surface area contributed by atoms with Crippen LogP contribution in [0.4, 0.5) is 0 Å². The standard InChI is InChI=1S/C14H16N4O3/c19-13-9(4-1-2-6-15-13)16-14(20)11-8-10(17-18-11)12-5-3-7-21-12/h3,5,7-9H,1-2,4,6H2,(H,15,19)(H,16,20)(H,17,18)/t9-/m0/s1. The zero-order chi connectivity index (χ0) is 14.7. The molecule has 0 radical (unpaired) electrons. The Kier molecular flexibility index (Phi) is 3.72. The summed E-state index contributed by atoms with van der Waals surface area (Å²) in [6.07, 6.45) is 4.03. The van der Waals surface area contributed by atoms with Crippen molar-refractivity contribution in [2.24, 2.45) is 0 Å². The van der Waals surface area contributed by atoms with E-state index in [-0.39, 0.29) is 17.5 Å². The van der Waals surface area contributed by atoms with Crippen LogP contribution in [-0.4, -0.2) is 34.6 Å². The van der Waals surface area contributed by atoms with E-state index in [0.717, 1.165) is 12.8 Å². The average molecular weight is 288 g/mol. The number of carbonyl (C=O) groups excluding carboxylic acids is 2. The summed E-state index contributed by atoms with van der Waals surface area (Å²) in [6, 6.07) is 4.63. The van der Waals surface area contributed by atoms with Gasteiger partial charge in [-0.25, -0.2) is 0 Å². The van der Waals surface area contributed by atoms with Crippen LogP contribution in [0.5, 0.6) is 0 Å². The predicted octanol–water partition coefficient (Wildman–Crippen LogP) is 1.07. The summed E-state index contributed by atoms with van der Waals surface area (Å²) < 4.78 is 5.23. The summed E-state index contributed by atoms with van der Waals surface area (Å²) in [7, 11) is 0. The SMILES string of the molecule is O=C(N[C@H]1CCCCNC1=O)c1cc(-c2ccco2)[nH]n1. The van der Waals surface area contributed by atoms with Gasteiger partial charge in [0, 0.05) is 12.6 Å². The highest BCUT2D eigenvalue weighted by molar-refractivity contribution is 5.96. The third kappa shape index (κ3) is 2.96.